The number of rotatable bonds is 3. The van der Waals surface area contributed by atoms with Gasteiger partial charge in [-0.05, 0) is 36.4 Å². The molecule has 6 heteroatoms. The average molecular weight is 297 g/mol. The Hall–Kier alpha value is -3.15. The number of carbonyl (C=O) groups excluding carboxylic acids is 2. The number of cyclic esters (lactones) is 1. The summed E-state index contributed by atoms with van der Waals surface area (Å²) >= 11 is 0. The molecular weight excluding hydrogens is 286 g/mol. The second-order valence-corrected chi connectivity index (χ2v) is 4.42. The fraction of sp³-hybridized carbons (Fsp3) is 0.0625. The molecule has 22 heavy (non-hydrogen) atoms. The Balaban J connectivity index is 1.86. The third-order valence-electron chi connectivity index (χ3n) is 3.00. The fourth-order valence-corrected chi connectivity index (χ4v) is 1.91. The molecule has 6 nitrogen and oxygen atoms in total. The van der Waals surface area contributed by atoms with Gasteiger partial charge in [0.2, 0.25) is 5.90 Å². The highest BCUT2D eigenvalue weighted by atomic mass is 16.6. The molecule has 0 atom stereocenters. The zero-order valence-electron chi connectivity index (χ0n) is 11.6. The number of hydrogen-bond donors (Lipinski definition) is 0. The highest BCUT2D eigenvalue weighted by Crippen LogP contribution is 2.19. The molecule has 0 saturated heterocycles. The molecule has 1 aromatic carbocycles. The Bertz CT molecular complexity index is 769. The fourth-order valence-electron chi connectivity index (χ4n) is 1.91. The van der Waals surface area contributed by atoms with E-state index in [4.69, 9.17) is 9.15 Å². The summed E-state index contributed by atoms with van der Waals surface area (Å²) in [4.78, 5) is 27.3. The molecule has 0 aliphatic carbocycles. The predicted octanol–water partition coefficient (Wildman–Crippen LogP) is 2.41. The zero-order chi connectivity index (χ0) is 15.5. The molecule has 0 spiro atoms. The van der Waals surface area contributed by atoms with Crippen LogP contribution in [0.5, 0.6) is 0 Å². The highest BCUT2D eigenvalue weighted by Gasteiger charge is 2.24. The Labute approximate surface area is 125 Å². The molecule has 0 amide bonds. The van der Waals surface area contributed by atoms with E-state index in [0.29, 0.717) is 16.9 Å². The van der Waals surface area contributed by atoms with E-state index in [1.807, 2.05) is 0 Å². The molecule has 110 valence electrons. The van der Waals surface area contributed by atoms with Crippen LogP contribution in [0.25, 0.3) is 6.08 Å². The Morgan fingerprint density at radius 1 is 1.23 bits per heavy atom. The van der Waals surface area contributed by atoms with Crippen LogP contribution in [0.3, 0.4) is 0 Å². The van der Waals surface area contributed by atoms with Gasteiger partial charge >= 0.3 is 11.9 Å². The number of carbonyl (C=O) groups is 2. The van der Waals surface area contributed by atoms with Gasteiger partial charge in [-0.25, -0.2) is 14.6 Å². The van der Waals surface area contributed by atoms with Crippen molar-refractivity contribution in [2.75, 3.05) is 7.11 Å². The average Bonchev–Trinajstić information content (AvgIpc) is 3.18. The smallest absolute Gasteiger partial charge is 0.363 e. The standard InChI is InChI=1S/C16H11NO5/c1-20-15(18)11-6-4-10(5-7-11)14-17-13(16(19)22-14)9-12-3-2-8-21-12/h2-9H,1H3. The molecule has 0 bridgehead atoms. The number of nitrogens with zero attached hydrogens (tertiary/aromatic N) is 1. The summed E-state index contributed by atoms with van der Waals surface area (Å²) in [6.07, 6.45) is 3.00. The summed E-state index contributed by atoms with van der Waals surface area (Å²) in [5, 5.41) is 0. The van der Waals surface area contributed by atoms with Crippen molar-refractivity contribution < 1.29 is 23.5 Å². The molecule has 2 heterocycles. The third kappa shape index (κ3) is 2.67. The van der Waals surface area contributed by atoms with Gasteiger partial charge in [0.05, 0.1) is 18.9 Å². The Morgan fingerprint density at radius 2 is 2.00 bits per heavy atom. The number of benzene rings is 1. The number of aliphatic imine (C=N–C) groups is 1. The van der Waals surface area contributed by atoms with E-state index in [1.54, 1.807) is 36.4 Å². The van der Waals surface area contributed by atoms with Gasteiger partial charge in [-0.3, -0.25) is 0 Å². The van der Waals surface area contributed by atoms with Crippen LogP contribution >= 0.6 is 0 Å². The van der Waals surface area contributed by atoms with Crippen molar-refractivity contribution in [2.45, 2.75) is 0 Å². The Morgan fingerprint density at radius 3 is 2.64 bits per heavy atom. The van der Waals surface area contributed by atoms with Gasteiger partial charge in [0.1, 0.15) is 5.76 Å². The second kappa shape index (κ2) is 5.69. The lowest BCUT2D eigenvalue weighted by atomic mass is 10.1. The van der Waals surface area contributed by atoms with E-state index in [2.05, 4.69) is 9.73 Å². The molecule has 0 saturated carbocycles. The molecule has 3 rings (SSSR count). The van der Waals surface area contributed by atoms with Crippen molar-refractivity contribution in [3.05, 3.63) is 65.2 Å². The zero-order valence-corrected chi connectivity index (χ0v) is 11.6. The number of esters is 2. The summed E-state index contributed by atoms with van der Waals surface area (Å²) in [6.45, 7) is 0. The van der Waals surface area contributed by atoms with Crippen LogP contribution in [0.1, 0.15) is 21.7 Å². The van der Waals surface area contributed by atoms with Gasteiger partial charge in [0.25, 0.3) is 0 Å². The number of methoxy groups -OCH3 is 1. The van der Waals surface area contributed by atoms with E-state index < -0.39 is 11.9 Å². The molecule has 0 N–H and O–H groups in total. The highest BCUT2D eigenvalue weighted by molar-refractivity contribution is 6.12. The minimum Gasteiger partial charge on any atom is -0.465 e. The monoisotopic (exact) mass is 297 g/mol. The van der Waals surface area contributed by atoms with Crippen LogP contribution in [0.4, 0.5) is 0 Å². The van der Waals surface area contributed by atoms with Crippen LogP contribution in [-0.2, 0) is 14.3 Å². The van der Waals surface area contributed by atoms with E-state index in [0.717, 1.165) is 0 Å². The maximum atomic E-state index is 11.8. The number of furan rings is 1. The number of ether oxygens (including phenoxy) is 2. The van der Waals surface area contributed by atoms with E-state index in [9.17, 15) is 9.59 Å². The van der Waals surface area contributed by atoms with Gasteiger partial charge in [-0.2, -0.15) is 0 Å². The van der Waals surface area contributed by atoms with Crippen molar-refractivity contribution in [1.29, 1.82) is 0 Å². The first kappa shape index (κ1) is 13.8. The summed E-state index contributed by atoms with van der Waals surface area (Å²) in [5.74, 6) is -0.295. The first-order chi connectivity index (χ1) is 10.7. The van der Waals surface area contributed by atoms with Crippen molar-refractivity contribution in [3.63, 3.8) is 0 Å². The minimum atomic E-state index is -0.552. The summed E-state index contributed by atoms with van der Waals surface area (Å²) in [6, 6.07) is 9.84. The molecule has 1 aliphatic heterocycles. The van der Waals surface area contributed by atoms with Gasteiger partial charge in [0, 0.05) is 11.6 Å². The van der Waals surface area contributed by atoms with E-state index in [-0.39, 0.29) is 11.6 Å². The SMILES string of the molecule is COC(=O)c1ccc(C2=NC(=Cc3ccco3)C(=O)O2)cc1. The topological polar surface area (TPSA) is 78.1 Å². The van der Waals surface area contributed by atoms with Gasteiger partial charge in [-0.1, -0.05) is 0 Å². The summed E-state index contributed by atoms with van der Waals surface area (Å²) < 4.78 is 14.9. The molecule has 0 radical (unpaired) electrons. The lowest BCUT2D eigenvalue weighted by molar-refractivity contribution is -0.129. The van der Waals surface area contributed by atoms with Gasteiger partial charge in [-0.15, -0.1) is 0 Å². The van der Waals surface area contributed by atoms with Gasteiger partial charge in [0.15, 0.2) is 5.70 Å². The lowest BCUT2D eigenvalue weighted by Crippen LogP contribution is -2.06. The quantitative estimate of drug-likeness (QED) is 0.642. The third-order valence-corrected chi connectivity index (χ3v) is 3.00. The molecule has 1 aromatic heterocycles. The number of hydrogen-bond acceptors (Lipinski definition) is 6. The van der Waals surface area contributed by atoms with Crippen molar-refractivity contribution >= 4 is 23.9 Å². The van der Waals surface area contributed by atoms with Crippen LogP contribution < -0.4 is 0 Å². The molecule has 0 unspecified atom stereocenters. The second-order valence-electron chi connectivity index (χ2n) is 4.42. The normalized spacial score (nSPS) is 15.6. The van der Waals surface area contributed by atoms with Crippen LogP contribution in [0.2, 0.25) is 0 Å². The Kier molecular flexibility index (Phi) is 3.57. The maximum absolute atomic E-state index is 11.8. The maximum Gasteiger partial charge on any atom is 0.363 e. The minimum absolute atomic E-state index is 0.155. The lowest BCUT2D eigenvalue weighted by Gasteiger charge is -2.01. The van der Waals surface area contributed by atoms with E-state index >= 15 is 0 Å². The predicted molar refractivity (Wildman–Crippen MR) is 77.1 cm³/mol. The van der Waals surface area contributed by atoms with Crippen LogP contribution in [0, 0.1) is 0 Å². The van der Waals surface area contributed by atoms with Crippen molar-refractivity contribution in [2.24, 2.45) is 4.99 Å². The van der Waals surface area contributed by atoms with Crippen LogP contribution in [-0.4, -0.2) is 24.9 Å². The molecule has 1 aliphatic rings. The van der Waals surface area contributed by atoms with Gasteiger partial charge < -0.3 is 13.9 Å². The summed E-state index contributed by atoms with van der Waals surface area (Å²) in [5.41, 5.74) is 1.15. The molecule has 2 aromatic rings. The van der Waals surface area contributed by atoms with Crippen molar-refractivity contribution in [1.82, 2.24) is 0 Å². The van der Waals surface area contributed by atoms with Crippen LogP contribution in [0.15, 0.2) is 57.8 Å². The van der Waals surface area contributed by atoms with E-state index in [1.165, 1.54) is 19.4 Å². The largest absolute Gasteiger partial charge is 0.465 e. The first-order valence-corrected chi connectivity index (χ1v) is 6.42. The first-order valence-electron chi connectivity index (χ1n) is 6.42. The summed E-state index contributed by atoms with van der Waals surface area (Å²) in [7, 11) is 1.31. The van der Waals surface area contributed by atoms with Crippen molar-refractivity contribution in [3.8, 4) is 0 Å². The molecule has 0 fully saturated rings. The molecular formula is C16H11NO5.